The third kappa shape index (κ3) is 5.59. The minimum Gasteiger partial charge on any atom is -0.480 e. The zero-order valence-corrected chi connectivity index (χ0v) is 17.2. The van der Waals surface area contributed by atoms with Crippen molar-refractivity contribution in [2.24, 2.45) is 0 Å². The van der Waals surface area contributed by atoms with E-state index in [-0.39, 0.29) is 11.8 Å². The van der Waals surface area contributed by atoms with E-state index in [9.17, 15) is 9.59 Å². The molecule has 0 heterocycles. The van der Waals surface area contributed by atoms with Crippen molar-refractivity contribution >= 4 is 17.5 Å². The molecule has 0 bridgehead atoms. The Morgan fingerprint density at radius 3 is 2.50 bits per heavy atom. The first kappa shape index (κ1) is 21.5. The average molecular weight is 383 g/mol. The lowest BCUT2D eigenvalue weighted by Crippen LogP contribution is -2.34. The Balaban J connectivity index is 2.12. The Labute approximate surface area is 167 Å². The first-order valence-corrected chi connectivity index (χ1v) is 9.88. The van der Waals surface area contributed by atoms with Gasteiger partial charge in [-0.2, -0.15) is 0 Å². The number of carbonyl (C=O) groups is 2. The molecule has 2 aromatic rings. The molecule has 0 saturated heterocycles. The van der Waals surface area contributed by atoms with E-state index in [0.29, 0.717) is 30.0 Å². The molecular weight excluding hydrogens is 352 g/mol. The highest BCUT2D eigenvalue weighted by Crippen LogP contribution is 2.23. The summed E-state index contributed by atoms with van der Waals surface area (Å²) >= 11 is 0. The van der Waals surface area contributed by atoms with Gasteiger partial charge in [-0.3, -0.25) is 9.59 Å². The zero-order valence-electron chi connectivity index (χ0n) is 17.2. The van der Waals surface area contributed by atoms with E-state index < -0.39 is 6.10 Å². The minimum absolute atomic E-state index is 0.187. The number of hydrogen-bond donors (Lipinski definition) is 2. The number of rotatable bonds is 9. The van der Waals surface area contributed by atoms with Gasteiger partial charge in [0.2, 0.25) is 0 Å². The van der Waals surface area contributed by atoms with Crippen LogP contribution in [0.5, 0.6) is 5.75 Å². The van der Waals surface area contributed by atoms with Crippen molar-refractivity contribution in [3.05, 3.63) is 59.2 Å². The molecule has 0 aliphatic carbocycles. The van der Waals surface area contributed by atoms with Gasteiger partial charge in [-0.05, 0) is 56.0 Å². The molecular formula is C23H30N2O3. The smallest absolute Gasteiger partial charge is 0.265 e. The molecule has 2 aromatic carbocycles. The number of nitrogens with one attached hydrogen (secondary N) is 2. The number of para-hydroxylation sites is 1. The number of aryl methyl sites for hydroxylation is 1. The van der Waals surface area contributed by atoms with E-state index >= 15 is 0 Å². The van der Waals surface area contributed by atoms with E-state index in [1.807, 2.05) is 39.0 Å². The van der Waals surface area contributed by atoms with E-state index in [0.717, 1.165) is 24.0 Å². The Bertz CT molecular complexity index is 817. The normalized spacial score (nSPS) is 11.6. The van der Waals surface area contributed by atoms with Crippen LogP contribution in [0.25, 0.3) is 0 Å². The van der Waals surface area contributed by atoms with Gasteiger partial charge in [0.25, 0.3) is 11.8 Å². The average Bonchev–Trinajstić information content (AvgIpc) is 2.69. The molecule has 1 atom stereocenters. The molecule has 150 valence electrons. The largest absolute Gasteiger partial charge is 0.480 e. The van der Waals surface area contributed by atoms with Crippen LogP contribution in [0.4, 0.5) is 5.69 Å². The summed E-state index contributed by atoms with van der Waals surface area (Å²) in [5, 5.41) is 5.75. The van der Waals surface area contributed by atoms with Crippen LogP contribution in [0.3, 0.4) is 0 Å². The van der Waals surface area contributed by atoms with Gasteiger partial charge in [0.1, 0.15) is 5.75 Å². The molecule has 0 radical (unpaired) electrons. The van der Waals surface area contributed by atoms with Crippen LogP contribution < -0.4 is 15.4 Å². The molecule has 5 nitrogen and oxygen atoms in total. The minimum atomic E-state index is -0.642. The van der Waals surface area contributed by atoms with Gasteiger partial charge in [0, 0.05) is 6.54 Å². The SMILES string of the molecule is CCCCNC(=O)c1ccccc1NC(=O)[C@H](CC)Oc1cccc(C)c1C. The van der Waals surface area contributed by atoms with Crippen LogP contribution in [0.15, 0.2) is 42.5 Å². The maximum atomic E-state index is 12.8. The summed E-state index contributed by atoms with van der Waals surface area (Å²) in [6.45, 7) is 8.58. The highest BCUT2D eigenvalue weighted by Gasteiger charge is 2.21. The van der Waals surface area contributed by atoms with Crippen LogP contribution in [-0.4, -0.2) is 24.5 Å². The zero-order chi connectivity index (χ0) is 20.5. The lowest BCUT2D eigenvalue weighted by molar-refractivity contribution is -0.122. The molecule has 0 unspecified atom stereocenters. The fourth-order valence-electron chi connectivity index (χ4n) is 2.80. The van der Waals surface area contributed by atoms with Crippen molar-refractivity contribution in [3.8, 4) is 5.75 Å². The van der Waals surface area contributed by atoms with Crippen molar-refractivity contribution in [2.75, 3.05) is 11.9 Å². The highest BCUT2D eigenvalue weighted by atomic mass is 16.5. The third-order valence-electron chi connectivity index (χ3n) is 4.73. The Kier molecular flexibility index (Phi) is 8.05. The second kappa shape index (κ2) is 10.5. The molecule has 0 aliphatic heterocycles. The molecule has 28 heavy (non-hydrogen) atoms. The molecule has 0 aliphatic rings. The summed E-state index contributed by atoms with van der Waals surface area (Å²) in [6.07, 6.45) is 1.80. The molecule has 2 N–H and O–H groups in total. The second-order valence-corrected chi connectivity index (χ2v) is 6.86. The Morgan fingerprint density at radius 1 is 1.04 bits per heavy atom. The third-order valence-corrected chi connectivity index (χ3v) is 4.73. The molecule has 0 fully saturated rings. The molecule has 2 amide bonds. The highest BCUT2D eigenvalue weighted by molar-refractivity contribution is 6.04. The van der Waals surface area contributed by atoms with Gasteiger partial charge in [0.15, 0.2) is 6.10 Å². The van der Waals surface area contributed by atoms with Crippen molar-refractivity contribution < 1.29 is 14.3 Å². The molecule has 5 heteroatoms. The number of anilines is 1. The Hall–Kier alpha value is -2.82. The molecule has 0 saturated carbocycles. The second-order valence-electron chi connectivity index (χ2n) is 6.86. The number of benzene rings is 2. The molecule has 2 rings (SSSR count). The standard InChI is InChI=1S/C23H30N2O3/c1-5-7-15-24-22(26)18-12-8-9-13-19(18)25-23(27)20(6-2)28-21-14-10-11-16(3)17(21)4/h8-14,20H,5-7,15H2,1-4H3,(H,24,26)(H,25,27)/t20-/m0/s1. The predicted molar refractivity (Wildman–Crippen MR) is 113 cm³/mol. The number of carbonyl (C=O) groups excluding carboxylic acids is 2. The lowest BCUT2D eigenvalue weighted by Gasteiger charge is -2.20. The van der Waals surface area contributed by atoms with E-state index in [1.54, 1.807) is 24.3 Å². The van der Waals surface area contributed by atoms with Crippen LogP contribution in [0, 0.1) is 13.8 Å². The molecule has 0 spiro atoms. The van der Waals surface area contributed by atoms with Gasteiger partial charge in [-0.15, -0.1) is 0 Å². The number of amides is 2. The first-order valence-electron chi connectivity index (χ1n) is 9.88. The van der Waals surface area contributed by atoms with Gasteiger partial charge in [-0.1, -0.05) is 44.5 Å². The van der Waals surface area contributed by atoms with Crippen LogP contribution in [-0.2, 0) is 4.79 Å². The Morgan fingerprint density at radius 2 is 1.79 bits per heavy atom. The lowest BCUT2D eigenvalue weighted by atomic mass is 10.1. The summed E-state index contributed by atoms with van der Waals surface area (Å²) in [6, 6.07) is 12.8. The predicted octanol–water partition coefficient (Wildman–Crippen LogP) is 4.63. The monoisotopic (exact) mass is 382 g/mol. The van der Waals surface area contributed by atoms with Crippen LogP contribution in [0.2, 0.25) is 0 Å². The van der Waals surface area contributed by atoms with E-state index in [1.165, 1.54) is 0 Å². The van der Waals surface area contributed by atoms with Gasteiger partial charge in [0.05, 0.1) is 11.3 Å². The van der Waals surface area contributed by atoms with Crippen molar-refractivity contribution in [3.63, 3.8) is 0 Å². The molecule has 0 aromatic heterocycles. The van der Waals surface area contributed by atoms with Crippen molar-refractivity contribution in [1.29, 1.82) is 0 Å². The summed E-state index contributed by atoms with van der Waals surface area (Å²) < 4.78 is 5.98. The first-order chi connectivity index (χ1) is 13.5. The fraction of sp³-hybridized carbons (Fsp3) is 0.391. The van der Waals surface area contributed by atoms with E-state index in [2.05, 4.69) is 17.6 Å². The van der Waals surface area contributed by atoms with Gasteiger partial charge in [-0.25, -0.2) is 0 Å². The van der Waals surface area contributed by atoms with Crippen LogP contribution >= 0.6 is 0 Å². The number of hydrogen-bond acceptors (Lipinski definition) is 3. The quantitative estimate of drug-likeness (QED) is 0.621. The summed E-state index contributed by atoms with van der Waals surface area (Å²) in [4.78, 5) is 25.3. The van der Waals surface area contributed by atoms with Crippen molar-refractivity contribution in [2.45, 2.75) is 53.1 Å². The number of ether oxygens (including phenoxy) is 1. The van der Waals surface area contributed by atoms with E-state index in [4.69, 9.17) is 4.74 Å². The maximum Gasteiger partial charge on any atom is 0.265 e. The van der Waals surface area contributed by atoms with Gasteiger partial charge >= 0.3 is 0 Å². The fourth-order valence-corrected chi connectivity index (χ4v) is 2.80. The summed E-state index contributed by atoms with van der Waals surface area (Å²) in [7, 11) is 0. The summed E-state index contributed by atoms with van der Waals surface area (Å²) in [5.41, 5.74) is 3.07. The van der Waals surface area contributed by atoms with Crippen LogP contribution in [0.1, 0.15) is 54.6 Å². The topological polar surface area (TPSA) is 67.4 Å². The van der Waals surface area contributed by atoms with Crippen molar-refractivity contribution in [1.82, 2.24) is 5.32 Å². The number of unbranched alkanes of at least 4 members (excludes halogenated alkanes) is 1. The van der Waals surface area contributed by atoms with Gasteiger partial charge < -0.3 is 15.4 Å². The maximum absolute atomic E-state index is 12.8. The summed E-state index contributed by atoms with van der Waals surface area (Å²) in [5.74, 6) is 0.248.